The van der Waals surface area contributed by atoms with E-state index in [4.69, 9.17) is 0 Å². The molecule has 100 valence electrons. The Morgan fingerprint density at radius 2 is 2.18 bits per heavy atom. The van der Waals surface area contributed by atoms with Crippen LogP contribution in [-0.2, 0) is 0 Å². The highest BCUT2D eigenvalue weighted by atomic mass is 32.2. The van der Waals surface area contributed by atoms with Crippen LogP contribution in [0.1, 0.15) is 59.3 Å². The first-order chi connectivity index (χ1) is 8.15. The summed E-state index contributed by atoms with van der Waals surface area (Å²) in [5.41, 5.74) is 0. The lowest BCUT2D eigenvalue weighted by atomic mass is 9.74. The Bertz CT molecular complexity index is 235. The third-order valence-electron chi connectivity index (χ3n) is 4.78. The maximum atomic E-state index is 3.83. The second kappa shape index (κ2) is 5.97. The minimum absolute atomic E-state index is 0.512. The van der Waals surface area contributed by atoms with Crippen LogP contribution in [0.4, 0.5) is 0 Å². The summed E-state index contributed by atoms with van der Waals surface area (Å²) in [7, 11) is 0. The van der Waals surface area contributed by atoms with E-state index in [2.05, 4.69) is 37.8 Å². The highest BCUT2D eigenvalue weighted by Crippen LogP contribution is 2.45. The Morgan fingerprint density at radius 3 is 2.76 bits per heavy atom. The van der Waals surface area contributed by atoms with Crippen LogP contribution in [0.25, 0.3) is 0 Å². The average Bonchev–Trinajstić information content (AvgIpc) is 2.74. The van der Waals surface area contributed by atoms with E-state index >= 15 is 0 Å². The van der Waals surface area contributed by atoms with Gasteiger partial charge in [0.25, 0.3) is 0 Å². The molecule has 4 unspecified atom stereocenters. The number of rotatable bonds is 4. The summed E-state index contributed by atoms with van der Waals surface area (Å²) in [4.78, 5) is 0. The molecule has 2 fully saturated rings. The molecule has 2 rings (SSSR count). The van der Waals surface area contributed by atoms with Gasteiger partial charge in [-0.1, -0.05) is 26.7 Å². The molecule has 1 aliphatic carbocycles. The van der Waals surface area contributed by atoms with Crippen molar-refractivity contribution in [1.82, 2.24) is 5.32 Å². The van der Waals surface area contributed by atoms with Crippen LogP contribution in [0.2, 0.25) is 0 Å². The highest BCUT2D eigenvalue weighted by molar-refractivity contribution is 8.00. The number of hydrogen-bond donors (Lipinski definition) is 1. The molecule has 0 bridgehead atoms. The molecule has 0 aromatic rings. The third-order valence-corrected chi connectivity index (χ3v) is 6.39. The number of hydrogen-bond acceptors (Lipinski definition) is 2. The van der Waals surface area contributed by atoms with Gasteiger partial charge in [0.1, 0.15) is 0 Å². The van der Waals surface area contributed by atoms with Crippen molar-refractivity contribution in [3.63, 3.8) is 0 Å². The van der Waals surface area contributed by atoms with Crippen LogP contribution < -0.4 is 5.32 Å². The second-order valence-corrected chi connectivity index (χ2v) is 7.96. The summed E-state index contributed by atoms with van der Waals surface area (Å²) in [6.07, 6.45) is 8.66. The van der Waals surface area contributed by atoms with Gasteiger partial charge in [0.2, 0.25) is 0 Å². The summed E-state index contributed by atoms with van der Waals surface area (Å²) in [5.74, 6) is 3.25. The van der Waals surface area contributed by atoms with E-state index in [1.54, 1.807) is 0 Å². The standard InChI is InChI=1S/C15H29NS/c1-4-16-14(15(3)9-6-10-17-15)13-8-5-7-12(2)11-13/h12-14,16H,4-11H2,1-3H3. The van der Waals surface area contributed by atoms with E-state index < -0.39 is 0 Å². The van der Waals surface area contributed by atoms with Crippen molar-refractivity contribution < 1.29 is 0 Å². The van der Waals surface area contributed by atoms with Gasteiger partial charge in [-0.15, -0.1) is 0 Å². The van der Waals surface area contributed by atoms with E-state index in [-0.39, 0.29) is 0 Å². The molecule has 0 radical (unpaired) electrons. The molecule has 0 aromatic carbocycles. The lowest BCUT2D eigenvalue weighted by Gasteiger charge is -2.42. The molecule has 4 atom stereocenters. The van der Waals surface area contributed by atoms with E-state index in [0.29, 0.717) is 4.75 Å². The molecular formula is C15H29NS. The topological polar surface area (TPSA) is 12.0 Å². The van der Waals surface area contributed by atoms with Crippen molar-refractivity contribution in [3.05, 3.63) is 0 Å². The van der Waals surface area contributed by atoms with Crippen LogP contribution in [0.15, 0.2) is 0 Å². The van der Waals surface area contributed by atoms with Crippen LogP contribution in [0.5, 0.6) is 0 Å². The molecule has 0 amide bonds. The molecule has 0 spiro atoms. The van der Waals surface area contributed by atoms with Crippen molar-refractivity contribution in [1.29, 1.82) is 0 Å². The maximum Gasteiger partial charge on any atom is 0.0287 e. The van der Waals surface area contributed by atoms with Crippen LogP contribution in [-0.4, -0.2) is 23.1 Å². The van der Waals surface area contributed by atoms with Gasteiger partial charge in [-0.25, -0.2) is 0 Å². The zero-order valence-corrected chi connectivity index (χ0v) is 12.6. The van der Waals surface area contributed by atoms with Gasteiger partial charge >= 0.3 is 0 Å². The first-order valence-corrected chi connectivity index (χ1v) is 8.51. The number of thioether (sulfide) groups is 1. The van der Waals surface area contributed by atoms with E-state index in [1.165, 1.54) is 44.3 Å². The first kappa shape index (κ1) is 13.7. The van der Waals surface area contributed by atoms with Gasteiger partial charge < -0.3 is 5.32 Å². The van der Waals surface area contributed by atoms with Crippen LogP contribution in [0.3, 0.4) is 0 Å². The molecule has 1 saturated heterocycles. The lowest BCUT2D eigenvalue weighted by molar-refractivity contribution is 0.195. The monoisotopic (exact) mass is 255 g/mol. The van der Waals surface area contributed by atoms with Crippen molar-refractivity contribution in [3.8, 4) is 0 Å². The minimum atomic E-state index is 0.512. The fraction of sp³-hybridized carbons (Fsp3) is 1.00. The average molecular weight is 255 g/mol. The van der Waals surface area contributed by atoms with Gasteiger partial charge in [-0.2, -0.15) is 11.8 Å². The van der Waals surface area contributed by atoms with Crippen LogP contribution in [0, 0.1) is 11.8 Å². The first-order valence-electron chi connectivity index (χ1n) is 7.53. The van der Waals surface area contributed by atoms with Gasteiger partial charge in [0.05, 0.1) is 0 Å². The molecule has 17 heavy (non-hydrogen) atoms. The molecule has 2 aliphatic rings. The van der Waals surface area contributed by atoms with E-state index in [1.807, 2.05) is 0 Å². The molecule has 1 nitrogen and oxygen atoms in total. The van der Waals surface area contributed by atoms with Crippen molar-refractivity contribution in [2.75, 3.05) is 12.3 Å². The molecule has 1 heterocycles. The largest absolute Gasteiger partial charge is 0.313 e. The van der Waals surface area contributed by atoms with Gasteiger partial charge in [0.15, 0.2) is 0 Å². The predicted octanol–water partition coefficient (Wildman–Crippen LogP) is 4.08. The molecule has 0 aromatic heterocycles. The van der Waals surface area contributed by atoms with Crippen molar-refractivity contribution in [2.24, 2.45) is 11.8 Å². The Kier molecular flexibility index (Phi) is 4.82. The van der Waals surface area contributed by atoms with Crippen LogP contribution >= 0.6 is 11.8 Å². The van der Waals surface area contributed by atoms with Crippen molar-refractivity contribution >= 4 is 11.8 Å². The molecule has 1 aliphatic heterocycles. The Balaban J connectivity index is 2.04. The minimum Gasteiger partial charge on any atom is -0.313 e. The molecule has 2 heteroatoms. The zero-order valence-electron chi connectivity index (χ0n) is 11.8. The van der Waals surface area contributed by atoms with E-state index in [0.717, 1.165) is 24.4 Å². The smallest absolute Gasteiger partial charge is 0.0287 e. The Morgan fingerprint density at radius 1 is 1.35 bits per heavy atom. The van der Waals surface area contributed by atoms with Gasteiger partial charge in [-0.3, -0.25) is 0 Å². The number of nitrogens with one attached hydrogen (secondary N) is 1. The fourth-order valence-electron chi connectivity index (χ4n) is 3.93. The molecule has 1 saturated carbocycles. The normalized spacial score (nSPS) is 40.4. The summed E-state index contributed by atoms with van der Waals surface area (Å²) >= 11 is 2.23. The zero-order chi connectivity index (χ0) is 12.3. The summed E-state index contributed by atoms with van der Waals surface area (Å²) in [6, 6.07) is 0.753. The SMILES string of the molecule is CCNC(C1CCCC(C)C1)C1(C)CCCS1. The third kappa shape index (κ3) is 3.20. The Hall–Kier alpha value is 0.310. The van der Waals surface area contributed by atoms with Crippen molar-refractivity contribution in [2.45, 2.75) is 70.1 Å². The predicted molar refractivity (Wildman–Crippen MR) is 78.7 cm³/mol. The summed E-state index contributed by atoms with van der Waals surface area (Å²) in [6.45, 7) is 8.35. The Labute approximate surface area is 112 Å². The summed E-state index contributed by atoms with van der Waals surface area (Å²) < 4.78 is 0.512. The fourth-order valence-corrected chi connectivity index (χ4v) is 5.43. The lowest BCUT2D eigenvalue weighted by Crippen LogP contribution is -2.51. The summed E-state index contributed by atoms with van der Waals surface area (Å²) in [5, 5.41) is 3.83. The van der Waals surface area contributed by atoms with Gasteiger partial charge in [-0.05, 0) is 56.7 Å². The molecule has 1 N–H and O–H groups in total. The maximum absolute atomic E-state index is 3.83. The second-order valence-electron chi connectivity index (χ2n) is 6.33. The van der Waals surface area contributed by atoms with E-state index in [9.17, 15) is 0 Å². The highest BCUT2D eigenvalue weighted by Gasteiger charge is 2.42. The van der Waals surface area contributed by atoms with Gasteiger partial charge in [0, 0.05) is 10.8 Å². The quantitative estimate of drug-likeness (QED) is 0.812. The molecular weight excluding hydrogens is 226 g/mol.